The molecule has 1 heterocycles. The van der Waals surface area contributed by atoms with Crippen molar-refractivity contribution < 1.29 is 9.59 Å². The number of hydrogen-bond acceptors (Lipinski definition) is 4. The van der Waals surface area contributed by atoms with E-state index in [9.17, 15) is 9.59 Å². The van der Waals surface area contributed by atoms with E-state index in [1.54, 1.807) is 0 Å². The van der Waals surface area contributed by atoms with Gasteiger partial charge in [0.05, 0.1) is 18.1 Å². The average molecular weight is 469 g/mol. The van der Waals surface area contributed by atoms with Gasteiger partial charge >= 0.3 is 0 Å². The van der Waals surface area contributed by atoms with Crippen molar-refractivity contribution in [3.8, 4) is 6.07 Å². The fourth-order valence-electron chi connectivity index (χ4n) is 4.62. The van der Waals surface area contributed by atoms with Crippen molar-refractivity contribution in [1.82, 2.24) is 15.1 Å². The van der Waals surface area contributed by atoms with Crippen LogP contribution in [-0.2, 0) is 22.6 Å². The minimum absolute atomic E-state index is 0.00403. The largest absolute Gasteiger partial charge is 0.344 e. The van der Waals surface area contributed by atoms with Gasteiger partial charge in [-0.25, -0.2) is 0 Å². The number of carbonyl (C=O) groups is 2. The van der Waals surface area contributed by atoms with E-state index in [1.807, 2.05) is 85.5 Å². The van der Waals surface area contributed by atoms with Crippen LogP contribution in [0.4, 0.5) is 0 Å². The number of fused-ring (bicyclic) bond motifs is 1. The fraction of sp³-hybridized carbons (Fsp3) is 0.345. The van der Waals surface area contributed by atoms with Gasteiger partial charge in [-0.3, -0.25) is 14.5 Å². The highest BCUT2D eigenvalue weighted by Crippen LogP contribution is 2.19. The van der Waals surface area contributed by atoms with E-state index in [0.29, 0.717) is 18.7 Å². The Morgan fingerprint density at radius 1 is 0.943 bits per heavy atom. The van der Waals surface area contributed by atoms with Crippen LogP contribution in [0.25, 0.3) is 10.8 Å². The van der Waals surface area contributed by atoms with Gasteiger partial charge < -0.3 is 10.2 Å². The molecule has 0 bridgehead atoms. The van der Waals surface area contributed by atoms with Crippen molar-refractivity contribution in [2.45, 2.75) is 32.9 Å². The number of benzene rings is 3. The quantitative estimate of drug-likeness (QED) is 0.573. The van der Waals surface area contributed by atoms with E-state index in [0.717, 1.165) is 41.5 Å². The van der Waals surface area contributed by atoms with Crippen LogP contribution in [0, 0.1) is 17.2 Å². The molecule has 6 heteroatoms. The number of piperazine rings is 1. The second kappa shape index (κ2) is 11.2. The van der Waals surface area contributed by atoms with Crippen LogP contribution >= 0.6 is 0 Å². The highest BCUT2D eigenvalue weighted by Gasteiger charge is 2.30. The van der Waals surface area contributed by atoms with Crippen molar-refractivity contribution in [3.63, 3.8) is 0 Å². The number of rotatable bonds is 7. The number of hydrogen-bond donors (Lipinski definition) is 1. The van der Waals surface area contributed by atoms with E-state index in [2.05, 4.69) is 16.3 Å². The van der Waals surface area contributed by atoms with Crippen LogP contribution in [0.3, 0.4) is 0 Å². The summed E-state index contributed by atoms with van der Waals surface area (Å²) in [5.74, 6) is -0.146. The lowest BCUT2D eigenvalue weighted by molar-refractivity contribution is -0.139. The van der Waals surface area contributed by atoms with Crippen molar-refractivity contribution >= 4 is 22.6 Å². The summed E-state index contributed by atoms with van der Waals surface area (Å²) in [5.41, 5.74) is 2.78. The summed E-state index contributed by atoms with van der Waals surface area (Å²) >= 11 is 0. The molecule has 2 amide bonds. The Hall–Kier alpha value is -3.69. The Balaban J connectivity index is 1.33. The standard InChI is InChI=1S/C29H32N4O2/c1-21(2)28(31-27(34)18-25-8-5-7-24-6-3-4-9-26(24)25)29(35)33-16-14-32(15-17-33)20-23-12-10-22(19-30)11-13-23/h3-13,21,28H,14-18,20H2,1-2H3,(H,31,34)/t28-/m0/s1. The molecule has 6 nitrogen and oxygen atoms in total. The number of nitriles is 1. The Morgan fingerprint density at radius 2 is 1.63 bits per heavy atom. The molecule has 0 unspecified atom stereocenters. The maximum absolute atomic E-state index is 13.3. The molecule has 1 aliphatic rings. The predicted molar refractivity (Wildman–Crippen MR) is 137 cm³/mol. The van der Waals surface area contributed by atoms with Crippen molar-refractivity contribution in [2.24, 2.45) is 5.92 Å². The van der Waals surface area contributed by atoms with E-state index in [-0.39, 0.29) is 24.2 Å². The lowest BCUT2D eigenvalue weighted by atomic mass is 9.99. The number of nitrogens with one attached hydrogen (secondary N) is 1. The van der Waals surface area contributed by atoms with E-state index >= 15 is 0 Å². The first-order valence-electron chi connectivity index (χ1n) is 12.2. The van der Waals surface area contributed by atoms with Gasteiger partial charge in [0.15, 0.2) is 0 Å². The minimum Gasteiger partial charge on any atom is -0.344 e. The maximum atomic E-state index is 13.3. The third-order valence-electron chi connectivity index (χ3n) is 6.65. The average Bonchev–Trinajstić information content (AvgIpc) is 2.88. The van der Waals surface area contributed by atoms with Gasteiger partial charge in [-0.15, -0.1) is 0 Å². The number of amides is 2. The van der Waals surface area contributed by atoms with Gasteiger partial charge in [-0.1, -0.05) is 68.4 Å². The summed E-state index contributed by atoms with van der Waals surface area (Å²) in [6.07, 6.45) is 0.246. The zero-order valence-electron chi connectivity index (χ0n) is 20.4. The zero-order valence-corrected chi connectivity index (χ0v) is 20.4. The molecular weight excluding hydrogens is 436 g/mol. The first-order chi connectivity index (χ1) is 16.9. The van der Waals surface area contributed by atoms with Crippen molar-refractivity contribution in [2.75, 3.05) is 26.2 Å². The van der Waals surface area contributed by atoms with Crippen LogP contribution in [0.2, 0.25) is 0 Å². The Morgan fingerprint density at radius 3 is 2.31 bits per heavy atom. The first-order valence-corrected chi connectivity index (χ1v) is 12.2. The topological polar surface area (TPSA) is 76.4 Å². The molecule has 0 radical (unpaired) electrons. The van der Waals surface area contributed by atoms with Gasteiger partial charge in [0, 0.05) is 32.7 Å². The molecule has 0 aliphatic carbocycles. The fourth-order valence-corrected chi connectivity index (χ4v) is 4.62. The summed E-state index contributed by atoms with van der Waals surface area (Å²) in [4.78, 5) is 30.5. The number of nitrogens with zero attached hydrogens (tertiary/aromatic N) is 3. The van der Waals surface area contributed by atoms with Crippen LogP contribution in [0.1, 0.15) is 30.5 Å². The van der Waals surface area contributed by atoms with Crippen LogP contribution in [0.15, 0.2) is 66.7 Å². The van der Waals surface area contributed by atoms with Crippen molar-refractivity contribution in [3.05, 3.63) is 83.4 Å². The van der Waals surface area contributed by atoms with Crippen LogP contribution in [0.5, 0.6) is 0 Å². The monoisotopic (exact) mass is 468 g/mol. The summed E-state index contributed by atoms with van der Waals surface area (Å²) in [5, 5.41) is 14.2. The molecule has 1 saturated heterocycles. The Kier molecular flexibility index (Phi) is 7.79. The van der Waals surface area contributed by atoms with Gasteiger partial charge in [-0.2, -0.15) is 5.26 Å². The molecule has 3 aromatic carbocycles. The van der Waals surface area contributed by atoms with Crippen LogP contribution in [-0.4, -0.2) is 53.8 Å². The first kappa shape index (κ1) is 24.4. The number of carbonyl (C=O) groups excluding carboxylic acids is 2. The zero-order chi connectivity index (χ0) is 24.8. The normalized spacial score (nSPS) is 15.1. The summed E-state index contributed by atoms with van der Waals surface area (Å²) in [7, 11) is 0. The summed E-state index contributed by atoms with van der Waals surface area (Å²) in [6.45, 7) is 7.57. The molecule has 35 heavy (non-hydrogen) atoms. The van der Waals surface area contributed by atoms with Gasteiger partial charge in [0.25, 0.3) is 0 Å². The van der Waals surface area contributed by atoms with Gasteiger partial charge in [0.2, 0.25) is 11.8 Å². The lowest BCUT2D eigenvalue weighted by Gasteiger charge is -2.37. The smallest absolute Gasteiger partial charge is 0.245 e. The van der Waals surface area contributed by atoms with E-state index in [1.165, 1.54) is 0 Å². The molecule has 1 atom stereocenters. The molecule has 1 aliphatic heterocycles. The molecule has 0 saturated carbocycles. The highest BCUT2D eigenvalue weighted by molar-refractivity contribution is 5.92. The SMILES string of the molecule is CC(C)[C@H](NC(=O)Cc1cccc2ccccc12)C(=O)N1CCN(Cc2ccc(C#N)cc2)CC1. The molecular formula is C29H32N4O2. The van der Waals surface area contributed by atoms with Gasteiger partial charge in [-0.05, 0) is 39.9 Å². The predicted octanol–water partition coefficient (Wildman–Crippen LogP) is 3.74. The molecule has 0 aromatic heterocycles. The minimum atomic E-state index is -0.539. The Labute approximate surface area is 207 Å². The maximum Gasteiger partial charge on any atom is 0.245 e. The third-order valence-corrected chi connectivity index (χ3v) is 6.65. The van der Waals surface area contributed by atoms with E-state index < -0.39 is 6.04 Å². The third kappa shape index (κ3) is 6.06. The summed E-state index contributed by atoms with van der Waals surface area (Å²) < 4.78 is 0. The van der Waals surface area contributed by atoms with Gasteiger partial charge in [0.1, 0.15) is 6.04 Å². The lowest BCUT2D eigenvalue weighted by Crippen LogP contribution is -2.56. The van der Waals surface area contributed by atoms with E-state index in [4.69, 9.17) is 5.26 Å². The second-order valence-corrected chi connectivity index (χ2v) is 9.51. The molecule has 1 fully saturated rings. The summed E-state index contributed by atoms with van der Waals surface area (Å²) in [6, 6.07) is 23.3. The molecule has 4 rings (SSSR count). The van der Waals surface area contributed by atoms with Crippen LogP contribution < -0.4 is 5.32 Å². The molecule has 0 spiro atoms. The molecule has 3 aromatic rings. The van der Waals surface area contributed by atoms with Crippen molar-refractivity contribution in [1.29, 1.82) is 5.26 Å². The molecule has 1 N–H and O–H groups in total. The second-order valence-electron chi connectivity index (χ2n) is 9.51. The molecule has 180 valence electrons. The Bertz CT molecular complexity index is 1220. The highest BCUT2D eigenvalue weighted by atomic mass is 16.2.